The van der Waals surface area contributed by atoms with Crippen LogP contribution in [0.4, 0.5) is 0 Å². The number of benzene rings is 2. The van der Waals surface area contributed by atoms with Crippen LogP contribution >= 0.6 is 0 Å². The first-order valence-corrected chi connectivity index (χ1v) is 12.7. The van der Waals surface area contributed by atoms with E-state index in [2.05, 4.69) is 107 Å². The van der Waals surface area contributed by atoms with Crippen LogP contribution in [0.25, 0.3) is 44.9 Å². The zero-order valence-corrected chi connectivity index (χ0v) is 21.3. The van der Waals surface area contributed by atoms with Crippen LogP contribution < -0.4 is 9.13 Å². The molecule has 0 radical (unpaired) electrons. The molecule has 0 spiro atoms. The van der Waals surface area contributed by atoms with Crippen molar-refractivity contribution in [2.75, 3.05) is 0 Å². The van der Waals surface area contributed by atoms with E-state index in [-0.39, 0.29) is 0 Å². The first-order valence-electron chi connectivity index (χ1n) is 12.7. The van der Waals surface area contributed by atoms with E-state index in [0.29, 0.717) is 0 Å². The number of aryl methyl sites for hydroxylation is 1. The summed E-state index contributed by atoms with van der Waals surface area (Å²) in [6.07, 6.45) is 10.2. The van der Waals surface area contributed by atoms with Gasteiger partial charge in [0.05, 0.1) is 17.1 Å². The summed E-state index contributed by atoms with van der Waals surface area (Å²) in [6, 6.07) is 37.9. The van der Waals surface area contributed by atoms with E-state index in [4.69, 9.17) is 4.98 Å². The maximum atomic E-state index is 4.94. The molecule has 0 fully saturated rings. The van der Waals surface area contributed by atoms with Crippen LogP contribution in [0.2, 0.25) is 0 Å². The molecule has 4 aromatic heterocycles. The fourth-order valence-electron chi connectivity index (χ4n) is 4.56. The van der Waals surface area contributed by atoms with E-state index in [1.54, 1.807) is 0 Å². The van der Waals surface area contributed by atoms with Gasteiger partial charge in [0.15, 0.2) is 31.3 Å². The molecular weight excluding hydrogens is 464 g/mol. The fraction of sp³-hybridized carbons (Fsp3) is 0.0588. The van der Waals surface area contributed by atoms with Crippen molar-refractivity contribution in [3.63, 3.8) is 0 Å². The number of hydrogen-bond acceptors (Lipinski definition) is 2. The average Bonchev–Trinajstić information content (AvgIpc) is 2.99. The SMILES string of the molecule is C[n+]1ccc(-c2cc[n+](Cc3ccc(-c4cc(-c5ccccc5)nc(-c5ccccn5)c4)cc3)cc2)cc1. The molecule has 0 N–H and O–H groups in total. The van der Waals surface area contributed by atoms with E-state index in [9.17, 15) is 0 Å². The summed E-state index contributed by atoms with van der Waals surface area (Å²) in [6.45, 7) is 0.815. The Morgan fingerprint density at radius 1 is 0.526 bits per heavy atom. The molecule has 2 aromatic carbocycles. The van der Waals surface area contributed by atoms with Gasteiger partial charge in [-0.1, -0.05) is 60.7 Å². The van der Waals surface area contributed by atoms with Crippen molar-refractivity contribution in [2.45, 2.75) is 6.54 Å². The smallest absolute Gasteiger partial charge is 0.173 e. The predicted octanol–water partition coefficient (Wildman–Crippen LogP) is 6.30. The van der Waals surface area contributed by atoms with E-state index in [1.165, 1.54) is 16.7 Å². The molecule has 0 saturated carbocycles. The zero-order chi connectivity index (χ0) is 25.7. The molecular formula is C34H28N4+2. The number of aromatic nitrogens is 4. The fourth-order valence-corrected chi connectivity index (χ4v) is 4.56. The molecule has 4 heteroatoms. The topological polar surface area (TPSA) is 33.5 Å². The van der Waals surface area contributed by atoms with Crippen molar-refractivity contribution in [1.29, 1.82) is 0 Å². The largest absolute Gasteiger partial charge is 0.255 e. The third-order valence-electron chi connectivity index (χ3n) is 6.68. The van der Waals surface area contributed by atoms with Gasteiger partial charge in [-0.25, -0.2) is 14.1 Å². The lowest BCUT2D eigenvalue weighted by atomic mass is 10.00. The predicted molar refractivity (Wildman–Crippen MR) is 151 cm³/mol. The first kappa shape index (κ1) is 23.4. The molecule has 0 aliphatic rings. The molecule has 0 aliphatic carbocycles. The molecule has 0 unspecified atom stereocenters. The summed E-state index contributed by atoms with van der Waals surface area (Å²) in [5.41, 5.74) is 9.73. The molecule has 0 amide bonds. The highest BCUT2D eigenvalue weighted by Crippen LogP contribution is 2.29. The van der Waals surface area contributed by atoms with Crippen LogP contribution in [0.15, 0.2) is 140 Å². The lowest BCUT2D eigenvalue weighted by Crippen LogP contribution is -2.33. The summed E-state index contributed by atoms with van der Waals surface area (Å²) in [5, 5.41) is 0. The molecule has 0 aliphatic heterocycles. The monoisotopic (exact) mass is 492 g/mol. The van der Waals surface area contributed by atoms with Crippen molar-refractivity contribution in [1.82, 2.24) is 9.97 Å². The van der Waals surface area contributed by atoms with Gasteiger partial charge in [0.25, 0.3) is 0 Å². The van der Waals surface area contributed by atoms with Crippen LogP contribution in [0.1, 0.15) is 5.56 Å². The highest BCUT2D eigenvalue weighted by molar-refractivity contribution is 5.75. The van der Waals surface area contributed by atoms with Crippen molar-refractivity contribution < 1.29 is 9.13 Å². The maximum Gasteiger partial charge on any atom is 0.173 e. The van der Waals surface area contributed by atoms with Gasteiger partial charge in [-0.3, -0.25) is 4.98 Å². The van der Waals surface area contributed by atoms with Gasteiger partial charge in [-0.15, -0.1) is 0 Å². The number of pyridine rings is 4. The molecule has 4 heterocycles. The van der Waals surface area contributed by atoms with Crippen LogP contribution in [-0.2, 0) is 13.6 Å². The Kier molecular flexibility index (Phi) is 6.52. The quantitative estimate of drug-likeness (QED) is 0.256. The third-order valence-corrected chi connectivity index (χ3v) is 6.68. The van der Waals surface area contributed by atoms with Crippen LogP contribution in [-0.4, -0.2) is 9.97 Å². The summed E-state index contributed by atoms with van der Waals surface area (Å²) < 4.78 is 4.25. The van der Waals surface area contributed by atoms with Gasteiger partial charge < -0.3 is 0 Å². The standard InChI is InChI=1S/C34H28N4/c1-37-19-14-28(15-20-37)29-16-21-38(22-17-29)25-26-10-12-27(13-11-26)31-23-33(30-7-3-2-4-8-30)36-34(24-31)32-9-5-6-18-35-32/h2-24H,25H2,1H3/q+2. The Labute approximate surface area is 223 Å². The molecule has 0 bridgehead atoms. The second kappa shape index (κ2) is 10.6. The number of hydrogen-bond donors (Lipinski definition) is 0. The van der Waals surface area contributed by atoms with Gasteiger partial charge in [-0.05, 0) is 46.5 Å². The Bertz CT molecular complexity index is 1590. The first-order chi connectivity index (χ1) is 18.7. The summed E-state index contributed by atoms with van der Waals surface area (Å²) in [5.74, 6) is 0. The van der Waals surface area contributed by atoms with Gasteiger partial charge in [0, 0.05) is 41.6 Å². The van der Waals surface area contributed by atoms with Gasteiger partial charge >= 0.3 is 0 Å². The normalized spacial score (nSPS) is 10.9. The Morgan fingerprint density at radius 3 is 1.84 bits per heavy atom. The van der Waals surface area contributed by atoms with Crippen LogP contribution in [0, 0.1) is 0 Å². The van der Waals surface area contributed by atoms with E-state index >= 15 is 0 Å². The Balaban J connectivity index is 1.26. The number of nitrogens with zero attached hydrogens (tertiary/aromatic N) is 4. The lowest BCUT2D eigenvalue weighted by molar-refractivity contribution is -0.688. The molecule has 0 saturated heterocycles. The van der Waals surface area contributed by atoms with Crippen LogP contribution in [0.3, 0.4) is 0 Å². The summed E-state index contributed by atoms with van der Waals surface area (Å²) in [7, 11) is 2.03. The molecule has 0 atom stereocenters. The Hall–Kier alpha value is -4.96. The number of rotatable bonds is 6. The van der Waals surface area contributed by atoms with Gasteiger partial charge in [0.1, 0.15) is 7.05 Å². The molecule has 182 valence electrons. The maximum absolute atomic E-state index is 4.94. The third kappa shape index (κ3) is 5.25. The van der Waals surface area contributed by atoms with Crippen molar-refractivity contribution >= 4 is 0 Å². The van der Waals surface area contributed by atoms with Crippen molar-refractivity contribution in [2.24, 2.45) is 7.05 Å². The van der Waals surface area contributed by atoms with E-state index < -0.39 is 0 Å². The van der Waals surface area contributed by atoms with Crippen LogP contribution in [0.5, 0.6) is 0 Å². The van der Waals surface area contributed by atoms with Crippen molar-refractivity contribution in [3.05, 3.63) is 146 Å². The second-order valence-electron chi connectivity index (χ2n) is 9.42. The summed E-state index contributed by atoms with van der Waals surface area (Å²) >= 11 is 0. The van der Waals surface area contributed by atoms with Gasteiger partial charge in [0.2, 0.25) is 0 Å². The lowest BCUT2D eigenvalue weighted by Gasteiger charge is -2.10. The average molecular weight is 493 g/mol. The van der Waals surface area contributed by atoms with E-state index in [0.717, 1.165) is 40.3 Å². The highest BCUT2D eigenvalue weighted by atomic mass is 14.9. The van der Waals surface area contributed by atoms with Crippen molar-refractivity contribution in [3.8, 4) is 44.9 Å². The zero-order valence-electron chi connectivity index (χ0n) is 21.3. The second-order valence-corrected chi connectivity index (χ2v) is 9.42. The van der Waals surface area contributed by atoms with Gasteiger partial charge in [-0.2, -0.15) is 0 Å². The van der Waals surface area contributed by atoms with E-state index in [1.807, 2.05) is 54.2 Å². The molecule has 6 rings (SSSR count). The molecule has 38 heavy (non-hydrogen) atoms. The minimum Gasteiger partial charge on any atom is -0.255 e. The summed E-state index contributed by atoms with van der Waals surface area (Å²) in [4.78, 5) is 9.48. The molecule has 6 aromatic rings. The minimum atomic E-state index is 0.815. The minimum absolute atomic E-state index is 0.815. The highest BCUT2D eigenvalue weighted by Gasteiger charge is 2.11. The Morgan fingerprint density at radius 2 is 1.16 bits per heavy atom. The molecule has 4 nitrogen and oxygen atoms in total.